The molecule has 0 bridgehead atoms. The second-order valence-corrected chi connectivity index (χ2v) is 7.52. The second-order valence-electron chi connectivity index (χ2n) is 5.69. The molecule has 1 aromatic rings. The first kappa shape index (κ1) is 18.5. The summed E-state index contributed by atoms with van der Waals surface area (Å²) in [7, 11) is -1.17. The standard InChI is InChI=1S/C16H18N2O7S/c1-23-14-7-8-16(24-2,25-14)10-17-13(19)9-18-15(20)11-5-3-4-6-12(11)26(18,21)22/h3-8,14H,9-10H2,1-2H3,(H,17,19)/t14-,16-/m1/s1. The molecule has 0 radical (unpaired) electrons. The van der Waals surface area contributed by atoms with E-state index in [1.807, 2.05) is 0 Å². The molecule has 0 spiro atoms. The maximum absolute atomic E-state index is 12.4. The average Bonchev–Trinajstić information content (AvgIpc) is 3.15. The Balaban J connectivity index is 1.66. The number of nitrogens with zero attached hydrogens (tertiary/aromatic N) is 1. The summed E-state index contributed by atoms with van der Waals surface area (Å²) in [5.74, 6) is -2.61. The van der Waals surface area contributed by atoms with Crippen molar-refractivity contribution in [1.82, 2.24) is 9.62 Å². The Kier molecular flexibility index (Phi) is 4.84. The van der Waals surface area contributed by atoms with E-state index in [2.05, 4.69) is 5.32 Å². The summed E-state index contributed by atoms with van der Waals surface area (Å²) >= 11 is 0. The monoisotopic (exact) mass is 382 g/mol. The zero-order chi connectivity index (χ0) is 18.9. The first-order valence-corrected chi connectivity index (χ1v) is 9.15. The second kappa shape index (κ2) is 6.80. The molecule has 2 heterocycles. The van der Waals surface area contributed by atoms with Crippen LogP contribution in [-0.4, -0.2) is 63.9 Å². The minimum absolute atomic E-state index is 0.0543. The third-order valence-corrected chi connectivity index (χ3v) is 5.92. The van der Waals surface area contributed by atoms with Crippen LogP contribution in [0, 0.1) is 0 Å². The minimum Gasteiger partial charge on any atom is -0.352 e. The molecule has 0 saturated heterocycles. The van der Waals surface area contributed by atoms with Crippen LogP contribution in [0.2, 0.25) is 0 Å². The molecule has 0 aliphatic carbocycles. The molecule has 0 saturated carbocycles. The van der Waals surface area contributed by atoms with Gasteiger partial charge in [0.15, 0.2) is 6.29 Å². The quantitative estimate of drug-likeness (QED) is 0.681. The Morgan fingerprint density at radius 2 is 2.08 bits per heavy atom. The molecule has 2 aliphatic rings. The van der Waals surface area contributed by atoms with Gasteiger partial charge in [0.1, 0.15) is 11.4 Å². The van der Waals surface area contributed by atoms with Gasteiger partial charge in [0.2, 0.25) is 11.7 Å². The molecule has 1 N–H and O–H groups in total. The number of sulfonamides is 1. The van der Waals surface area contributed by atoms with Crippen molar-refractivity contribution < 1.29 is 32.2 Å². The summed E-state index contributed by atoms with van der Waals surface area (Å²) < 4.78 is 41.2. The van der Waals surface area contributed by atoms with E-state index in [0.29, 0.717) is 4.31 Å². The van der Waals surface area contributed by atoms with Crippen LogP contribution in [0.1, 0.15) is 10.4 Å². The number of methoxy groups -OCH3 is 2. The molecule has 0 aromatic heterocycles. The molecule has 10 heteroatoms. The van der Waals surface area contributed by atoms with E-state index in [9.17, 15) is 18.0 Å². The van der Waals surface area contributed by atoms with E-state index < -0.39 is 40.5 Å². The van der Waals surface area contributed by atoms with Gasteiger partial charge in [-0.15, -0.1) is 0 Å². The van der Waals surface area contributed by atoms with Crippen LogP contribution in [0.25, 0.3) is 0 Å². The van der Waals surface area contributed by atoms with Crippen molar-refractivity contribution in [3.8, 4) is 0 Å². The van der Waals surface area contributed by atoms with Gasteiger partial charge in [-0.25, -0.2) is 12.7 Å². The topological polar surface area (TPSA) is 111 Å². The summed E-state index contributed by atoms with van der Waals surface area (Å²) in [5, 5.41) is 2.52. The van der Waals surface area contributed by atoms with E-state index in [0.717, 1.165) is 0 Å². The summed E-state index contributed by atoms with van der Waals surface area (Å²) in [6.07, 6.45) is 2.61. The van der Waals surface area contributed by atoms with E-state index in [4.69, 9.17) is 14.2 Å². The number of nitrogens with one attached hydrogen (secondary N) is 1. The Hall–Kier alpha value is -2.27. The van der Waals surface area contributed by atoms with Crippen LogP contribution in [0.4, 0.5) is 0 Å². The highest BCUT2D eigenvalue weighted by molar-refractivity contribution is 7.90. The van der Waals surface area contributed by atoms with Crippen LogP contribution < -0.4 is 5.32 Å². The summed E-state index contributed by atoms with van der Waals surface area (Å²) in [6, 6.07) is 5.83. The summed E-state index contributed by atoms with van der Waals surface area (Å²) in [6.45, 7) is -0.708. The Bertz CT molecular complexity index is 867. The molecule has 2 aliphatic heterocycles. The normalized spacial score (nSPS) is 26.2. The molecular weight excluding hydrogens is 364 g/mol. The van der Waals surface area contributed by atoms with Crippen LogP contribution in [0.5, 0.6) is 0 Å². The van der Waals surface area contributed by atoms with E-state index in [1.165, 1.54) is 32.4 Å². The average molecular weight is 382 g/mol. The van der Waals surface area contributed by atoms with E-state index in [1.54, 1.807) is 18.2 Å². The lowest BCUT2D eigenvalue weighted by molar-refractivity contribution is -0.239. The van der Waals surface area contributed by atoms with E-state index >= 15 is 0 Å². The number of amides is 2. The highest BCUT2D eigenvalue weighted by Gasteiger charge is 2.42. The Morgan fingerprint density at radius 3 is 2.69 bits per heavy atom. The van der Waals surface area contributed by atoms with Crippen molar-refractivity contribution >= 4 is 21.8 Å². The fraction of sp³-hybridized carbons (Fsp3) is 0.375. The predicted molar refractivity (Wildman–Crippen MR) is 88.4 cm³/mol. The molecule has 26 heavy (non-hydrogen) atoms. The van der Waals surface area contributed by atoms with Crippen molar-refractivity contribution in [1.29, 1.82) is 0 Å². The molecule has 0 unspecified atom stereocenters. The number of carbonyl (C=O) groups is 2. The van der Waals surface area contributed by atoms with Crippen LogP contribution in [0.15, 0.2) is 41.3 Å². The molecule has 2 atom stereocenters. The number of hydrogen-bond acceptors (Lipinski definition) is 7. The van der Waals surface area contributed by atoms with Gasteiger partial charge < -0.3 is 19.5 Å². The smallest absolute Gasteiger partial charge is 0.269 e. The Labute approximate surface area is 150 Å². The van der Waals surface area contributed by atoms with Crippen LogP contribution in [0.3, 0.4) is 0 Å². The number of carbonyl (C=O) groups excluding carboxylic acids is 2. The lowest BCUT2D eigenvalue weighted by Gasteiger charge is -2.27. The third-order valence-electron chi connectivity index (χ3n) is 4.13. The number of benzene rings is 1. The highest BCUT2D eigenvalue weighted by Crippen LogP contribution is 2.29. The lowest BCUT2D eigenvalue weighted by Crippen LogP contribution is -2.48. The van der Waals surface area contributed by atoms with Crippen molar-refractivity contribution in [2.24, 2.45) is 0 Å². The zero-order valence-electron chi connectivity index (χ0n) is 14.2. The lowest BCUT2D eigenvalue weighted by atomic mass is 10.2. The van der Waals surface area contributed by atoms with Gasteiger partial charge in [-0.2, -0.15) is 0 Å². The SMILES string of the molecule is CO[C@H]1C=C[C@@](CNC(=O)CN2C(=O)c3ccccc3S2(=O)=O)(OC)O1. The van der Waals surface area contributed by atoms with Gasteiger partial charge in [0.25, 0.3) is 15.9 Å². The number of fused-ring (bicyclic) bond motifs is 1. The van der Waals surface area contributed by atoms with E-state index in [-0.39, 0.29) is 17.0 Å². The molecule has 2 amide bonds. The van der Waals surface area contributed by atoms with Crippen molar-refractivity contribution in [3.05, 3.63) is 42.0 Å². The van der Waals surface area contributed by atoms with Gasteiger partial charge in [0.05, 0.1) is 12.1 Å². The number of hydrogen-bond donors (Lipinski definition) is 1. The van der Waals surface area contributed by atoms with Crippen molar-refractivity contribution in [2.75, 3.05) is 27.3 Å². The molecule has 9 nitrogen and oxygen atoms in total. The van der Waals surface area contributed by atoms with Crippen molar-refractivity contribution in [2.45, 2.75) is 17.0 Å². The molecule has 1 aromatic carbocycles. The van der Waals surface area contributed by atoms with Gasteiger partial charge in [-0.3, -0.25) is 9.59 Å². The number of ether oxygens (including phenoxy) is 3. The highest BCUT2D eigenvalue weighted by atomic mass is 32.2. The molecule has 140 valence electrons. The third kappa shape index (κ3) is 3.12. The van der Waals surface area contributed by atoms with Crippen molar-refractivity contribution in [3.63, 3.8) is 0 Å². The zero-order valence-corrected chi connectivity index (χ0v) is 15.0. The summed E-state index contributed by atoms with van der Waals surface area (Å²) in [5.41, 5.74) is 0.0543. The fourth-order valence-electron chi connectivity index (χ4n) is 2.71. The molecule has 3 rings (SSSR count). The fourth-order valence-corrected chi connectivity index (χ4v) is 4.24. The maximum Gasteiger partial charge on any atom is 0.269 e. The van der Waals surface area contributed by atoms with Gasteiger partial charge in [0, 0.05) is 14.2 Å². The molecular formula is C16H18N2O7S. The summed E-state index contributed by atoms with van der Waals surface area (Å²) in [4.78, 5) is 24.4. The van der Waals surface area contributed by atoms with Gasteiger partial charge in [-0.05, 0) is 24.3 Å². The minimum atomic E-state index is -4.04. The maximum atomic E-state index is 12.4. The largest absolute Gasteiger partial charge is 0.352 e. The Morgan fingerprint density at radius 1 is 1.35 bits per heavy atom. The first-order valence-electron chi connectivity index (χ1n) is 7.71. The van der Waals surface area contributed by atoms with Crippen LogP contribution >= 0.6 is 0 Å². The molecule has 0 fully saturated rings. The predicted octanol–water partition coefficient (Wildman–Crippen LogP) is -0.151. The van der Waals surface area contributed by atoms with Gasteiger partial charge >= 0.3 is 0 Å². The van der Waals surface area contributed by atoms with Gasteiger partial charge in [-0.1, -0.05) is 12.1 Å². The van der Waals surface area contributed by atoms with Crippen LogP contribution in [-0.2, 0) is 29.0 Å². The first-order chi connectivity index (χ1) is 12.3. The number of rotatable bonds is 6.